The standard InChI is InChI=1S/C12H15BrFN3O3S/c13-8-5-11(10(15)6-9(8)14)21(19,20)16-4-3-12(18)17-7-1-2-7/h5-7,16H,1-4,15H2,(H,17,18). The molecule has 1 aromatic carbocycles. The number of carbonyl (C=O) groups excluding carboxylic acids is 1. The number of anilines is 1. The SMILES string of the molecule is Nc1cc(F)c(Br)cc1S(=O)(=O)NCCC(=O)NC1CC1. The highest BCUT2D eigenvalue weighted by Crippen LogP contribution is 2.26. The minimum absolute atomic E-state index is 0.00329. The molecule has 1 amide bonds. The van der Waals surface area contributed by atoms with Crippen LogP contribution in [0.2, 0.25) is 0 Å². The van der Waals surface area contributed by atoms with E-state index in [4.69, 9.17) is 5.73 Å². The Labute approximate surface area is 130 Å². The quantitative estimate of drug-likeness (QED) is 0.644. The lowest BCUT2D eigenvalue weighted by Gasteiger charge is -2.10. The molecule has 0 aliphatic heterocycles. The van der Waals surface area contributed by atoms with Gasteiger partial charge in [-0.05, 0) is 40.9 Å². The van der Waals surface area contributed by atoms with Gasteiger partial charge in [0.05, 0.1) is 10.2 Å². The zero-order chi connectivity index (χ0) is 15.6. The van der Waals surface area contributed by atoms with Gasteiger partial charge in [-0.25, -0.2) is 17.5 Å². The fourth-order valence-corrected chi connectivity index (χ4v) is 3.34. The Morgan fingerprint density at radius 1 is 1.43 bits per heavy atom. The molecule has 0 atom stereocenters. The maximum atomic E-state index is 13.2. The van der Waals surface area contributed by atoms with E-state index in [-0.39, 0.29) is 40.0 Å². The van der Waals surface area contributed by atoms with E-state index >= 15 is 0 Å². The molecule has 116 valence electrons. The van der Waals surface area contributed by atoms with Crippen molar-refractivity contribution in [2.45, 2.75) is 30.2 Å². The second kappa shape index (κ2) is 6.29. The second-order valence-electron chi connectivity index (χ2n) is 4.79. The molecule has 0 radical (unpaired) electrons. The summed E-state index contributed by atoms with van der Waals surface area (Å²) in [5.74, 6) is -0.844. The number of benzene rings is 1. The molecule has 0 unspecified atom stereocenters. The number of halogens is 2. The number of amides is 1. The summed E-state index contributed by atoms with van der Waals surface area (Å²) in [4.78, 5) is 11.2. The van der Waals surface area contributed by atoms with E-state index in [0.717, 1.165) is 25.0 Å². The van der Waals surface area contributed by atoms with E-state index in [9.17, 15) is 17.6 Å². The van der Waals surface area contributed by atoms with Gasteiger partial charge in [0.15, 0.2) is 0 Å². The van der Waals surface area contributed by atoms with Gasteiger partial charge >= 0.3 is 0 Å². The number of rotatable bonds is 6. The van der Waals surface area contributed by atoms with E-state index in [0.29, 0.717) is 0 Å². The average molecular weight is 380 g/mol. The van der Waals surface area contributed by atoms with Crippen molar-refractivity contribution in [1.29, 1.82) is 0 Å². The summed E-state index contributed by atoms with van der Waals surface area (Å²) in [6.07, 6.45) is 1.98. The lowest BCUT2D eigenvalue weighted by Crippen LogP contribution is -2.32. The first-order chi connectivity index (χ1) is 9.79. The third-order valence-electron chi connectivity index (χ3n) is 2.93. The van der Waals surface area contributed by atoms with Crippen LogP contribution in [0, 0.1) is 5.82 Å². The zero-order valence-corrected chi connectivity index (χ0v) is 13.4. The van der Waals surface area contributed by atoms with Gasteiger partial charge in [0.25, 0.3) is 0 Å². The normalized spacial score (nSPS) is 15.0. The molecule has 0 spiro atoms. The first-order valence-corrected chi connectivity index (χ1v) is 8.61. The molecule has 0 heterocycles. The van der Waals surface area contributed by atoms with Crippen LogP contribution >= 0.6 is 15.9 Å². The molecular weight excluding hydrogens is 365 g/mol. The number of nitrogens with two attached hydrogens (primary N) is 1. The van der Waals surface area contributed by atoms with Crippen LogP contribution in [-0.4, -0.2) is 26.9 Å². The minimum Gasteiger partial charge on any atom is -0.398 e. The van der Waals surface area contributed by atoms with Crippen LogP contribution in [0.1, 0.15) is 19.3 Å². The van der Waals surface area contributed by atoms with Gasteiger partial charge in [-0.2, -0.15) is 0 Å². The molecule has 1 aliphatic carbocycles. The lowest BCUT2D eigenvalue weighted by atomic mass is 10.3. The van der Waals surface area contributed by atoms with Gasteiger partial charge in [-0.3, -0.25) is 4.79 Å². The van der Waals surface area contributed by atoms with Crippen molar-refractivity contribution < 1.29 is 17.6 Å². The third kappa shape index (κ3) is 4.39. The first kappa shape index (κ1) is 16.2. The average Bonchev–Trinajstić information content (AvgIpc) is 3.17. The molecule has 2 rings (SSSR count). The van der Waals surface area contributed by atoms with Crippen molar-refractivity contribution in [3.05, 3.63) is 22.4 Å². The van der Waals surface area contributed by atoms with E-state index in [2.05, 4.69) is 26.0 Å². The van der Waals surface area contributed by atoms with E-state index in [1.165, 1.54) is 0 Å². The number of hydrogen-bond donors (Lipinski definition) is 3. The monoisotopic (exact) mass is 379 g/mol. The van der Waals surface area contributed by atoms with Crippen molar-refractivity contribution in [3.63, 3.8) is 0 Å². The van der Waals surface area contributed by atoms with Crippen LogP contribution in [-0.2, 0) is 14.8 Å². The van der Waals surface area contributed by atoms with Crippen LogP contribution in [0.3, 0.4) is 0 Å². The Hall–Kier alpha value is -1.19. The highest BCUT2D eigenvalue weighted by atomic mass is 79.9. The lowest BCUT2D eigenvalue weighted by molar-refractivity contribution is -0.121. The number of nitrogens with one attached hydrogen (secondary N) is 2. The van der Waals surface area contributed by atoms with Crippen molar-refractivity contribution in [1.82, 2.24) is 10.0 Å². The fraction of sp³-hybridized carbons (Fsp3) is 0.417. The Balaban J connectivity index is 1.97. The summed E-state index contributed by atoms with van der Waals surface area (Å²) in [5.41, 5.74) is 5.33. The van der Waals surface area contributed by atoms with Crippen molar-refractivity contribution >= 4 is 37.5 Å². The molecule has 9 heteroatoms. The first-order valence-electron chi connectivity index (χ1n) is 6.33. The molecule has 1 aromatic rings. The van der Waals surface area contributed by atoms with E-state index in [1.807, 2.05) is 0 Å². The fourth-order valence-electron chi connectivity index (χ4n) is 1.68. The molecule has 4 N–H and O–H groups in total. The van der Waals surface area contributed by atoms with E-state index < -0.39 is 15.8 Å². The molecule has 6 nitrogen and oxygen atoms in total. The summed E-state index contributed by atoms with van der Waals surface area (Å²) in [6.45, 7) is -0.0463. The van der Waals surface area contributed by atoms with Gasteiger partial charge in [0.1, 0.15) is 10.7 Å². The minimum atomic E-state index is -3.89. The number of hydrogen-bond acceptors (Lipinski definition) is 4. The molecule has 1 saturated carbocycles. The summed E-state index contributed by atoms with van der Waals surface area (Å²) >= 11 is 2.91. The van der Waals surface area contributed by atoms with Gasteiger partial charge in [-0.1, -0.05) is 0 Å². The number of nitrogen functional groups attached to an aromatic ring is 1. The van der Waals surface area contributed by atoms with Crippen LogP contribution < -0.4 is 15.8 Å². The summed E-state index contributed by atoms with van der Waals surface area (Å²) in [5, 5.41) is 2.75. The molecular formula is C12H15BrFN3O3S. The maximum Gasteiger partial charge on any atom is 0.242 e. The number of sulfonamides is 1. The third-order valence-corrected chi connectivity index (χ3v) is 5.05. The van der Waals surface area contributed by atoms with Gasteiger partial charge in [0.2, 0.25) is 15.9 Å². The molecule has 0 aromatic heterocycles. The molecule has 1 aliphatic rings. The van der Waals surface area contributed by atoms with Gasteiger partial charge in [0, 0.05) is 19.0 Å². The molecule has 0 saturated heterocycles. The summed E-state index contributed by atoms with van der Waals surface area (Å²) < 4.78 is 39.6. The zero-order valence-electron chi connectivity index (χ0n) is 11.0. The largest absolute Gasteiger partial charge is 0.398 e. The van der Waals surface area contributed by atoms with E-state index in [1.54, 1.807) is 0 Å². The topological polar surface area (TPSA) is 101 Å². The van der Waals surface area contributed by atoms with Crippen LogP contribution in [0.15, 0.2) is 21.5 Å². The van der Waals surface area contributed by atoms with Gasteiger partial charge in [-0.15, -0.1) is 0 Å². The second-order valence-corrected chi connectivity index (χ2v) is 7.38. The van der Waals surface area contributed by atoms with Crippen LogP contribution in [0.25, 0.3) is 0 Å². The highest BCUT2D eigenvalue weighted by molar-refractivity contribution is 9.10. The van der Waals surface area contributed by atoms with Crippen molar-refractivity contribution in [2.24, 2.45) is 0 Å². The Bertz CT molecular complexity index is 662. The van der Waals surface area contributed by atoms with Crippen LogP contribution in [0.5, 0.6) is 0 Å². The number of carbonyl (C=O) groups is 1. The Morgan fingerprint density at radius 2 is 2.10 bits per heavy atom. The smallest absolute Gasteiger partial charge is 0.242 e. The Kier molecular flexibility index (Phi) is 4.84. The van der Waals surface area contributed by atoms with Crippen molar-refractivity contribution in [2.75, 3.05) is 12.3 Å². The maximum absolute atomic E-state index is 13.2. The van der Waals surface area contributed by atoms with Crippen LogP contribution in [0.4, 0.5) is 10.1 Å². The van der Waals surface area contributed by atoms with Gasteiger partial charge < -0.3 is 11.1 Å². The summed E-state index contributed by atoms with van der Waals surface area (Å²) in [6, 6.07) is 2.26. The highest BCUT2D eigenvalue weighted by Gasteiger charge is 2.24. The molecule has 21 heavy (non-hydrogen) atoms. The summed E-state index contributed by atoms with van der Waals surface area (Å²) in [7, 11) is -3.89. The van der Waals surface area contributed by atoms with Crippen molar-refractivity contribution in [3.8, 4) is 0 Å². The molecule has 1 fully saturated rings. The predicted molar refractivity (Wildman–Crippen MR) is 79.5 cm³/mol. The molecule has 0 bridgehead atoms. The predicted octanol–water partition coefficient (Wildman–Crippen LogP) is 1.12. The Morgan fingerprint density at radius 3 is 2.71 bits per heavy atom.